The fraction of sp³-hybridized carbons (Fsp3) is 0.429. The number of anilines is 1. The first-order valence-electron chi connectivity index (χ1n) is 6.38. The molecule has 0 aliphatic carbocycles. The molecular formula is C14H18N2O3. The number of rotatable bonds is 4. The number of carbonyl (C=O) groups excluding carboxylic acids is 1. The van der Waals surface area contributed by atoms with Gasteiger partial charge in [-0.1, -0.05) is 18.2 Å². The summed E-state index contributed by atoms with van der Waals surface area (Å²) in [6, 6.07) is 7.79. The van der Waals surface area contributed by atoms with Crippen LogP contribution in [0.2, 0.25) is 0 Å². The molecule has 19 heavy (non-hydrogen) atoms. The summed E-state index contributed by atoms with van der Waals surface area (Å²) in [6.45, 7) is 1.00. The molecule has 1 heterocycles. The lowest BCUT2D eigenvalue weighted by molar-refractivity contribution is -0.141. The van der Waals surface area contributed by atoms with Gasteiger partial charge in [-0.3, -0.25) is 9.59 Å². The SMILES string of the molecule is CNC(=O)CCN1CC(C(=O)O)Cc2ccccc21. The van der Waals surface area contributed by atoms with Crippen LogP contribution in [0.5, 0.6) is 0 Å². The van der Waals surface area contributed by atoms with Crippen LogP contribution in [-0.2, 0) is 16.0 Å². The van der Waals surface area contributed by atoms with Crippen LogP contribution >= 0.6 is 0 Å². The molecule has 0 saturated carbocycles. The average Bonchev–Trinajstić information content (AvgIpc) is 2.43. The third-order valence-corrected chi connectivity index (χ3v) is 3.48. The van der Waals surface area contributed by atoms with E-state index in [-0.39, 0.29) is 5.91 Å². The largest absolute Gasteiger partial charge is 0.481 e. The summed E-state index contributed by atoms with van der Waals surface area (Å²) in [7, 11) is 1.60. The molecule has 0 fully saturated rings. The molecule has 0 saturated heterocycles. The highest BCUT2D eigenvalue weighted by molar-refractivity contribution is 5.77. The van der Waals surface area contributed by atoms with Crippen LogP contribution in [0.1, 0.15) is 12.0 Å². The maximum Gasteiger partial charge on any atom is 0.308 e. The number of carbonyl (C=O) groups is 2. The summed E-state index contributed by atoms with van der Waals surface area (Å²) in [4.78, 5) is 24.5. The van der Waals surface area contributed by atoms with Gasteiger partial charge in [0.25, 0.3) is 0 Å². The summed E-state index contributed by atoms with van der Waals surface area (Å²) in [6.07, 6.45) is 0.930. The van der Waals surface area contributed by atoms with Gasteiger partial charge in [0.05, 0.1) is 5.92 Å². The highest BCUT2D eigenvalue weighted by Crippen LogP contribution is 2.29. The Balaban J connectivity index is 2.16. The monoisotopic (exact) mass is 262 g/mol. The van der Waals surface area contributed by atoms with Crippen molar-refractivity contribution in [3.63, 3.8) is 0 Å². The molecule has 5 nitrogen and oxygen atoms in total. The molecule has 1 aromatic rings. The van der Waals surface area contributed by atoms with Crippen molar-refractivity contribution in [1.29, 1.82) is 0 Å². The molecule has 1 aromatic carbocycles. The van der Waals surface area contributed by atoms with E-state index >= 15 is 0 Å². The second kappa shape index (κ2) is 5.73. The Labute approximate surface area is 112 Å². The van der Waals surface area contributed by atoms with Crippen LogP contribution < -0.4 is 10.2 Å². The number of aliphatic carboxylic acids is 1. The van der Waals surface area contributed by atoms with Gasteiger partial charge in [-0.2, -0.15) is 0 Å². The standard InChI is InChI=1S/C14H18N2O3/c1-15-13(17)6-7-16-9-11(14(18)19)8-10-4-2-3-5-12(10)16/h2-5,11H,6-9H2,1H3,(H,15,17)(H,18,19). The number of benzene rings is 1. The van der Waals surface area contributed by atoms with Crippen LogP contribution in [0.3, 0.4) is 0 Å². The molecule has 0 bridgehead atoms. The summed E-state index contributed by atoms with van der Waals surface area (Å²) in [5.74, 6) is -1.21. The molecule has 0 aromatic heterocycles. The number of hydrogen-bond acceptors (Lipinski definition) is 3. The van der Waals surface area contributed by atoms with Gasteiger partial charge in [-0.15, -0.1) is 0 Å². The minimum atomic E-state index is -0.778. The molecule has 5 heteroatoms. The Morgan fingerprint density at radius 3 is 2.84 bits per heavy atom. The van der Waals surface area contributed by atoms with Crippen LogP contribution in [0, 0.1) is 5.92 Å². The first-order valence-corrected chi connectivity index (χ1v) is 6.38. The molecule has 1 amide bonds. The molecule has 1 aliphatic heterocycles. The van der Waals surface area contributed by atoms with E-state index in [0.29, 0.717) is 25.9 Å². The van der Waals surface area contributed by atoms with E-state index in [1.165, 1.54) is 0 Å². The Morgan fingerprint density at radius 2 is 2.16 bits per heavy atom. The topological polar surface area (TPSA) is 69.6 Å². The number of carboxylic acids is 1. The molecular weight excluding hydrogens is 244 g/mol. The summed E-state index contributed by atoms with van der Waals surface area (Å²) < 4.78 is 0. The Hall–Kier alpha value is -2.04. The number of amides is 1. The second-order valence-corrected chi connectivity index (χ2v) is 4.74. The van der Waals surface area contributed by atoms with E-state index in [1.807, 2.05) is 29.2 Å². The van der Waals surface area contributed by atoms with Crippen molar-refractivity contribution in [2.24, 2.45) is 5.92 Å². The molecule has 0 radical (unpaired) electrons. The molecule has 0 spiro atoms. The van der Waals surface area contributed by atoms with Crippen LogP contribution in [-0.4, -0.2) is 37.1 Å². The van der Waals surface area contributed by atoms with Crippen LogP contribution in [0.4, 0.5) is 5.69 Å². The van der Waals surface area contributed by atoms with E-state index in [2.05, 4.69) is 5.32 Å². The Morgan fingerprint density at radius 1 is 1.42 bits per heavy atom. The van der Waals surface area contributed by atoms with Crippen molar-refractivity contribution in [1.82, 2.24) is 5.32 Å². The van der Waals surface area contributed by atoms with Gasteiger partial charge in [-0.25, -0.2) is 0 Å². The molecule has 1 aliphatic rings. The lowest BCUT2D eigenvalue weighted by Crippen LogP contribution is -2.40. The summed E-state index contributed by atoms with van der Waals surface area (Å²) in [5, 5.41) is 11.8. The fourth-order valence-corrected chi connectivity index (χ4v) is 2.42. The number of nitrogens with one attached hydrogen (secondary N) is 1. The van der Waals surface area contributed by atoms with Crippen molar-refractivity contribution in [3.05, 3.63) is 29.8 Å². The zero-order chi connectivity index (χ0) is 13.8. The quantitative estimate of drug-likeness (QED) is 0.845. The summed E-state index contributed by atoms with van der Waals surface area (Å²) >= 11 is 0. The first-order chi connectivity index (χ1) is 9.11. The maximum atomic E-state index is 11.3. The highest BCUT2D eigenvalue weighted by atomic mass is 16.4. The first kappa shape index (κ1) is 13.4. The number of fused-ring (bicyclic) bond motifs is 1. The second-order valence-electron chi connectivity index (χ2n) is 4.74. The number of hydrogen-bond donors (Lipinski definition) is 2. The lowest BCUT2D eigenvalue weighted by atomic mass is 9.92. The van der Waals surface area contributed by atoms with Gasteiger partial charge in [0.1, 0.15) is 0 Å². The van der Waals surface area contributed by atoms with Gasteiger partial charge < -0.3 is 15.3 Å². The van der Waals surface area contributed by atoms with E-state index in [0.717, 1.165) is 11.3 Å². The fourth-order valence-electron chi connectivity index (χ4n) is 2.42. The molecule has 1 atom stereocenters. The van der Waals surface area contributed by atoms with Gasteiger partial charge in [-0.05, 0) is 18.1 Å². The van der Waals surface area contributed by atoms with Gasteiger partial charge in [0.15, 0.2) is 0 Å². The van der Waals surface area contributed by atoms with E-state index in [4.69, 9.17) is 0 Å². The molecule has 2 rings (SSSR count). The maximum absolute atomic E-state index is 11.3. The van der Waals surface area contributed by atoms with Gasteiger partial charge >= 0.3 is 5.97 Å². The van der Waals surface area contributed by atoms with E-state index in [9.17, 15) is 14.7 Å². The average molecular weight is 262 g/mol. The number of nitrogens with zero attached hydrogens (tertiary/aromatic N) is 1. The van der Waals surface area contributed by atoms with Gasteiger partial charge in [0.2, 0.25) is 5.91 Å². The molecule has 102 valence electrons. The minimum Gasteiger partial charge on any atom is -0.481 e. The smallest absolute Gasteiger partial charge is 0.308 e. The minimum absolute atomic E-state index is 0.0325. The van der Waals surface area contributed by atoms with Crippen LogP contribution in [0.25, 0.3) is 0 Å². The van der Waals surface area contributed by atoms with Crippen molar-refractivity contribution < 1.29 is 14.7 Å². The van der Waals surface area contributed by atoms with Crippen molar-refractivity contribution in [2.45, 2.75) is 12.8 Å². The van der Waals surface area contributed by atoms with Crippen LogP contribution in [0.15, 0.2) is 24.3 Å². The zero-order valence-corrected chi connectivity index (χ0v) is 10.9. The van der Waals surface area contributed by atoms with E-state index in [1.54, 1.807) is 7.05 Å². The predicted octanol–water partition coefficient (Wildman–Crippen LogP) is 0.886. The Kier molecular flexibility index (Phi) is 4.04. The van der Waals surface area contributed by atoms with Crippen molar-refractivity contribution in [2.75, 3.05) is 25.0 Å². The third kappa shape index (κ3) is 3.05. The molecule has 2 N–H and O–H groups in total. The number of para-hydroxylation sites is 1. The highest BCUT2D eigenvalue weighted by Gasteiger charge is 2.28. The molecule has 1 unspecified atom stereocenters. The lowest BCUT2D eigenvalue weighted by Gasteiger charge is -2.34. The van der Waals surface area contributed by atoms with E-state index < -0.39 is 11.9 Å². The predicted molar refractivity (Wildman–Crippen MR) is 72.2 cm³/mol. The van der Waals surface area contributed by atoms with Crippen molar-refractivity contribution >= 4 is 17.6 Å². The Bertz CT molecular complexity index is 487. The number of carboxylic acid groups (broad SMARTS) is 1. The van der Waals surface area contributed by atoms with Crippen molar-refractivity contribution in [3.8, 4) is 0 Å². The zero-order valence-electron chi connectivity index (χ0n) is 10.9. The normalized spacial score (nSPS) is 17.7. The third-order valence-electron chi connectivity index (χ3n) is 3.48. The van der Waals surface area contributed by atoms with Gasteiger partial charge in [0, 0.05) is 32.2 Å². The summed E-state index contributed by atoms with van der Waals surface area (Å²) in [5.41, 5.74) is 2.09.